The second kappa shape index (κ2) is 5.35. The van der Waals surface area contributed by atoms with Gasteiger partial charge in [0.05, 0.1) is 23.8 Å². The van der Waals surface area contributed by atoms with Crippen LogP contribution in [0.15, 0.2) is 6.20 Å². The topological polar surface area (TPSA) is 104 Å². The van der Waals surface area contributed by atoms with E-state index in [4.69, 9.17) is 5.11 Å². The summed E-state index contributed by atoms with van der Waals surface area (Å²) in [6.07, 6.45) is 2.06. The monoisotopic (exact) mass is 298 g/mol. The number of aliphatic carboxylic acids is 1. The Morgan fingerprint density at radius 3 is 2.75 bits per heavy atom. The van der Waals surface area contributed by atoms with Crippen molar-refractivity contribution in [3.05, 3.63) is 6.20 Å². The Morgan fingerprint density at radius 2 is 2.25 bits per heavy atom. The van der Waals surface area contributed by atoms with Gasteiger partial charge in [0.1, 0.15) is 0 Å². The minimum Gasteiger partial charge on any atom is -0.481 e. The van der Waals surface area contributed by atoms with Crippen LogP contribution in [0.5, 0.6) is 0 Å². The highest BCUT2D eigenvalue weighted by atomic mass is 32.1. The summed E-state index contributed by atoms with van der Waals surface area (Å²) in [6, 6.07) is -0.452. The summed E-state index contributed by atoms with van der Waals surface area (Å²) in [5, 5.41) is 14.5. The van der Waals surface area contributed by atoms with Gasteiger partial charge in [-0.1, -0.05) is 13.8 Å². The SMILES string of the molecule is CC(NC(=O)Nc1cnsn1)[C@@H]1C[C@H](C(=O)O)C1(C)C. The highest BCUT2D eigenvalue weighted by Gasteiger charge is 2.53. The molecule has 1 aliphatic rings. The Morgan fingerprint density at radius 1 is 1.55 bits per heavy atom. The first-order chi connectivity index (χ1) is 9.32. The number of rotatable bonds is 4. The fourth-order valence-electron chi connectivity index (χ4n) is 2.91. The third kappa shape index (κ3) is 2.74. The average Bonchev–Trinajstić information content (AvgIpc) is 2.79. The Labute approximate surface area is 121 Å². The molecule has 1 fully saturated rings. The van der Waals surface area contributed by atoms with Crippen molar-refractivity contribution in [3.63, 3.8) is 0 Å². The Balaban J connectivity index is 1.88. The molecule has 7 nitrogen and oxygen atoms in total. The van der Waals surface area contributed by atoms with E-state index in [1.165, 1.54) is 6.20 Å². The number of aromatic nitrogens is 2. The van der Waals surface area contributed by atoms with E-state index in [2.05, 4.69) is 19.4 Å². The third-order valence-electron chi connectivity index (χ3n) is 4.21. The van der Waals surface area contributed by atoms with Gasteiger partial charge in [-0.15, -0.1) is 0 Å². The van der Waals surface area contributed by atoms with Crippen molar-refractivity contribution in [2.45, 2.75) is 33.2 Å². The first-order valence-corrected chi connectivity index (χ1v) is 7.13. The number of amides is 2. The first kappa shape index (κ1) is 14.7. The highest BCUT2D eigenvalue weighted by Crippen LogP contribution is 2.52. The van der Waals surface area contributed by atoms with Crippen LogP contribution in [0.1, 0.15) is 27.2 Å². The lowest BCUT2D eigenvalue weighted by atomic mass is 9.53. The molecule has 1 aromatic rings. The summed E-state index contributed by atoms with van der Waals surface area (Å²) >= 11 is 1.02. The minimum absolute atomic E-state index is 0.104. The number of anilines is 1. The van der Waals surface area contributed by atoms with E-state index in [9.17, 15) is 9.59 Å². The van der Waals surface area contributed by atoms with Crippen LogP contribution >= 0.6 is 11.7 Å². The third-order valence-corrected chi connectivity index (χ3v) is 4.68. The number of carboxylic acids is 1. The first-order valence-electron chi connectivity index (χ1n) is 6.40. The number of nitrogens with one attached hydrogen (secondary N) is 2. The molecule has 1 aliphatic carbocycles. The van der Waals surface area contributed by atoms with E-state index in [0.29, 0.717) is 12.2 Å². The number of carbonyl (C=O) groups excluding carboxylic acids is 1. The lowest BCUT2D eigenvalue weighted by Crippen LogP contribution is -2.57. The van der Waals surface area contributed by atoms with E-state index < -0.39 is 5.97 Å². The summed E-state index contributed by atoms with van der Waals surface area (Å²) < 4.78 is 7.68. The van der Waals surface area contributed by atoms with Crippen LogP contribution < -0.4 is 10.6 Å². The normalized spacial score (nSPS) is 25.4. The molecule has 1 saturated carbocycles. The molecule has 2 rings (SSSR count). The smallest absolute Gasteiger partial charge is 0.320 e. The number of carbonyl (C=O) groups is 2. The summed E-state index contributed by atoms with van der Waals surface area (Å²) in [6.45, 7) is 5.75. The molecule has 0 spiro atoms. The van der Waals surface area contributed by atoms with E-state index in [0.717, 1.165) is 11.7 Å². The predicted molar refractivity (Wildman–Crippen MR) is 74.5 cm³/mol. The van der Waals surface area contributed by atoms with Gasteiger partial charge in [-0.2, -0.15) is 8.75 Å². The van der Waals surface area contributed by atoms with E-state index in [1.54, 1.807) is 0 Å². The van der Waals surface area contributed by atoms with Gasteiger partial charge in [0.25, 0.3) is 0 Å². The molecule has 1 unspecified atom stereocenters. The van der Waals surface area contributed by atoms with Crippen LogP contribution in [0.2, 0.25) is 0 Å². The van der Waals surface area contributed by atoms with Crippen LogP contribution in [-0.4, -0.2) is 31.9 Å². The Kier molecular flexibility index (Phi) is 3.94. The maximum Gasteiger partial charge on any atom is 0.320 e. The molecular formula is C12H18N4O3S. The van der Waals surface area contributed by atoms with Crippen molar-refractivity contribution in [1.82, 2.24) is 14.1 Å². The quantitative estimate of drug-likeness (QED) is 0.786. The standard InChI is InChI=1S/C12H18N4O3S/c1-6(7-4-8(10(17)18)12(7,2)3)14-11(19)15-9-5-13-20-16-9/h5-8H,4H2,1-3H3,(H,17,18)(H2,14,15,16,19)/t6?,7-,8+/m0/s1. The second-order valence-electron chi connectivity index (χ2n) is 5.73. The minimum atomic E-state index is -0.767. The lowest BCUT2D eigenvalue weighted by molar-refractivity contribution is -0.160. The fraction of sp³-hybridized carbons (Fsp3) is 0.667. The molecule has 0 aliphatic heterocycles. The van der Waals surface area contributed by atoms with E-state index in [1.807, 2.05) is 20.8 Å². The Bertz CT molecular complexity index is 503. The average molecular weight is 298 g/mol. The van der Waals surface area contributed by atoms with Crippen LogP contribution in [0.3, 0.4) is 0 Å². The number of hydrogen-bond donors (Lipinski definition) is 3. The van der Waals surface area contributed by atoms with Crippen molar-refractivity contribution in [2.24, 2.45) is 17.3 Å². The summed E-state index contributed by atoms with van der Waals surface area (Å²) in [5.41, 5.74) is -0.319. The molecule has 8 heteroatoms. The molecule has 0 aromatic carbocycles. The van der Waals surface area contributed by atoms with E-state index >= 15 is 0 Å². The summed E-state index contributed by atoms with van der Waals surface area (Å²) in [4.78, 5) is 22.9. The molecule has 0 radical (unpaired) electrons. The molecule has 1 aromatic heterocycles. The zero-order valence-corrected chi connectivity index (χ0v) is 12.4. The number of carboxylic acid groups (broad SMARTS) is 1. The van der Waals surface area contributed by atoms with Gasteiger partial charge in [-0.3, -0.25) is 10.1 Å². The predicted octanol–water partition coefficient (Wildman–Crippen LogP) is 1.79. The Hall–Kier alpha value is -1.70. The molecular weight excluding hydrogens is 280 g/mol. The van der Waals surface area contributed by atoms with Crippen molar-refractivity contribution < 1.29 is 14.7 Å². The maximum atomic E-state index is 11.8. The molecule has 0 bridgehead atoms. The fourth-order valence-corrected chi connectivity index (χ4v) is 3.28. The van der Waals surface area contributed by atoms with Crippen LogP contribution in [0.4, 0.5) is 10.6 Å². The lowest BCUT2D eigenvalue weighted by Gasteiger charge is -2.52. The van der Waals surface area contributed by atoms with Gasteiger partial charge in [-0.05, 0) is 24.7 Å². The van der Waals surface area contributed by atoms with Crippen LogP contribution in [0.25, 0.3) is 0 Å². The second-order valence-corrected chi connectivity index (χ2v) is 6.29. The highest BCUT2D eigenvalue weighted by molar-refractivity contribution is 6.99. The molecule has 3 atom stereocenters. The van der Waals surface area contributed by atoms with Gasteiger partial charge in [0.2, 0.25) is 0 Å². The van der Waals surface area contributed by atoms with Gasteiger partial charge in [0, 0.05) is 6.04 Å². The summed E-state index contributed by atoms with van der Waals surface area (Å²) in [5.74, 6) is -0.558. The molecule has 0 saturated heterocycles. The van der Waals surface area contributed by atoms with Gasteiger partial charge in [-0.25, -0.2) is 4.79 Å². The van der Waals surface area contributed by atoms with Crippen LogP contribution in [0, 0.1) is 17.3 Å². The molecule has 1 heterocycles. The van der Waals surface area contributed by atoms with Gasteiger partial charge < -0.3 is 10.4 Å². The van der Waals surface area contributed by atoms with Gasteiger partial charge >= 0.3 is 12.0 Å². The largest absolute Gasteiger partial charge is 0.481 e. The van der Waals surface area contributed by atoms with Crippen LogP contribution in [-0.2, 0) is 4.79 Å². The van der Waals surface area contributed by atoms with Crippen molar-refractivity contribution >= 4 is 29.5 Å². The maximum absolute atomic E-state index is 11.8. The number of hydrogen-bond acceptors (Lipinski definition) is 5. The van der Waals surface area contributed by atoms with E-state index in [-0.39, 0.29) is 29.3 Å². The molecule has 20 heavy (non-hydrogen) atoms. The molecule has 3 N–H and O–H groups in total. The number of urea groups is 1. The number of nitrogens with zero attached hydrogens (tertiary/aromatic N) is 2. The van der Waals surface area contributed by atoms with Crippen molar-refractivity contribution in [2.75, 3.05) is 5.32 Å². The van der Waals surface area contributed by atoms with Gasteiger partial charge in [0.15, 0.2) is 5.82 Å². The van der Waals surface area contributed by atoms with Crippen molar-refractivity contribution in [1.29, 1.82) is 0 Å². The molecule has 2 amide bonds. The summed E-state index contributed by atoms with van der Waals surface area (Å²) in [7, 11) is 0. The zero-order valence-electron chi connectivity index (χ0n) is 11.6. The van der Waals surface area contributed by atoms with Crippen molar-refractivity contribution in [3.8, 4) is 0 Å². The molecule has 110 valence electrons. The zero-order chi connectivity index (χ0) is 14.9.